The van der Waals surface area contributed by atoms with Gasteiger partial charge in [0.15, 0.2) is 9.84 Å². The lowest BCUT2D eigenvalue weighted by atomic mass is 10.0. The Morgan fingerprint density at radius 1 is 0.627 bits per heavy atom. The summed E-state index contributed by atoms with van der Waals surface area (Å²) in [6, 6.07) is 6.31. The first kappa shape index (κ1) is 50.9. The number of nitrogens with one attached hydrogen (secondary N) is 2. The molecule has 0 saturated heterocycles. The Labute approximate surface area is 348 Å². The van der Waals surface area contributed by atoms with Crippen LogP contribution in [0.2, 0.25) is 0 Å². The summed E-state index contributed by atoms with van der Waals surface area (Å²) in [6.07, 6.45) is 16.3. The largest absolute Gasteiger partial charge is 0.494 e. The third-order valence-corrected chi connectivity index (χ3v) is 10.5. The van der Waals surface area contributed by atoms with Crippen molar-refractivity contribution in [2.24, 2.45) is 0 Å². The van der Waals surface area contributed by atoms with Crippen molar-refractivity contribution in [3.05, 3.63) is 47.5 Å². The van der Waals surface area contributed by atoms with E-state index in [4.69, 9.17) is 33.9 Å². The van der Waals surface area contributed by atoms with Crippen LogP contribution < -0.4 is 15.4 Å². The average Bonchev–Trinajstić information content (AvgIpc) is 3.19. The number of nitrogens with zero attached hydrogens (tertiary/aromatic N) is 2. The van der Waals surface area contributed by atoms with Crippen molar-refractivity contribution in [1.29, 1.82) is 0 Å². The molecule has 0 aliphatic rings. The van der Waals surface area contributed by atoms with Gasteiger partial charge in [0, 0.05) is 25.7 Å². The molecule has 1 aromatic heterocycles. The molecule has 2 aromatic rings. The number of hydrogen-bond donors (Lipinski definition) is 4. The van der Waals surface area contributed by atoms with Gasteiger partial charge < -0.3 is 44.5 Å². The van der Waals surface area contributed by atoms with Crippen LogP contribution in [-0.2, 0) is 48.9 Å². The second-order valence-electron chi connectivity index (χ2n) is 13.9. The molecule has 0 fully saturated rings. The predicted molar refractivity (Wildman–Crippen MR) is 218 cm³/mol. The summed E-state index contributed by atoms with van der Waals surface area (Å²) in [5.74, 6) is -2.26. The van der Waals surface area contributed by atoms with Gasteiger partial charge in [0.1, 0.15) is 30.5 Å². The number of carbonyl (C=O) groups is 4. The van der Waals surface area contributed by atoms with Gasteiger partial charge in [0.05, 0.1) is 62.4 Å². The first-order valence-corrected chi connectivity index (χ1v) is 22.2. The minimum absolute atomic E-state index is 0.0755. The fourth-order valence-electron chi connectivity index (χ4n) is 5.73. The molecule has 332 valence electrons. The number of aliphatic carboxylic acids is 2. The zero-order valence-corrected chi connectivity index (χ0v) is 35.3. The molecule has 0 bridgehead atoms. The molecule has 0 saturated carbocycles. The van der Waals surface area contributed by atoms with Gasteiger partial charge in [-0.05, 0) is 44.0 Å². The van der Waals surface area contributed by atoms with Gasteiger partial charge in [-0.25, -0.2) is 23.2 Å². The third-order valence-electron chi connectivity index (χ3n) is 8.88. The van der Waals surface area contributed by atoms with Crippen molar-refractivity contribution in [3.8, 4) is 5.75 Å². The maximum Gasteiger partial charge on any atom is 0.329 e. The molecule has 0 unspecified atom stereocenters. The number of aryl methyl sites for hydroxylation is 1. The third kappa shape index (κ3) is 25.8. The number of unbranched alkanes of at least 4 members (excludes halogenated alkanes) is 12. The van der Waals surface area contributed by atoms with Crippen LogP contribution in [-0.4, -0.2) is 125 Å². The number of carboxylic acids is 2. The molecule has 59 heavy (non-hydrogen) atoms. The highest BCUT2D eigenvalue weighted by molar-refractivity contribution is 7.90. The van der Waals surface area contributed by atoms with E-state index in [9.17, 15) is 27.6 Å². The smallest absolute Gasteiger partial charge is 0.329 e. The van der Waals surface area contributed by atoms with Crippen molar-refractivity contribution >= 4 is 33.6 Å². The molecular weight excluding hydrogens is 789 g/mol. The Hall–Kier alpha value is -4.23. The zero-order chi connectivity index (χ0) is 43.0. The predicted octanol–water partition coefficient (Wildman–Crippen LogP) is 4.68. The summed E-state index contributed by atoms with van der Waals surface area (Å²) in [4.78, 5) is 53.8. The first-order chi connectivity index (χ1) is 28.5. The molecule has 0 atom stereocenters. The molecule has 4 N–H and O–H groups in total. The first-order valence-electron chi connectivity index (χ1n) is 20.6. The fraction of sp³-hybridized carbons (Fsp3) is 0.659. The average molecular weight is 853 g/mol. The summed E-state index contributed by atoms with van der Waals surface area (Å²) >= 11 is 0. The van der Waals surface area contributed by atoms with Crippen molar-refractivity contribution in [1.82, 2.24) is 20.6 Å². The van der Waals surface area contributed by atoms with Gasteiger partial charge in [-0.1, -0.05) is 70.6 Å². The molecule has 0 aliphatic heterocycles. The van der Waals surface area contributed by atoms with E-state index in [0.717, 1.165) is 38.5 Å². The van der Waals surface area contributed by atoms with E-state index in [1.54, 1.807) is 19.1 Å². The topological polar surface area (TPSA) is 239 Å². The van der Waals surface area contributed by atoms with Crippen LogP contribution in [0.25, 0.3) is 0 Å². The monoisotopic (exact) mass is 852 g/mol. The van der Waals surface area contributed by atoms with Crippen molar-refractivity contribution in [2.45, 2.75) is 107 Å². The lowest BCUT2D eigenvalue weighted by Gasteiger charge is -2.10. The minimum Gasteiger partial charge on any atom is -0.494 e. The Morgan fingerprint density at radius 2 is 1.15 bits per heavy atom. The van der Waals surface area contributed by atoms with E-state index in [-0.39, 0.29) is 94.6 Å². The van der Waals surface area contributed by atoms with Crippen molar-refractivity contribution in [2.75, 3.05) is 72.6 Å². The van der Waals surface area contributed by atoms with Crippen LogP contribution >= 0.6 is 0 Å². The Kier molecular flexibility index (Phi) is 27.3. The SMILES string of the molecule is Cc1nc(CS(=O)(=O)c2ccc(OCCCCCCCCCCCCCCCC(=O)O)cc2)ncc1C(=O)NCCOCCOCC(=O)NCCOCCOCC(=O)O. The number of carboxylic acid groups (broad SMARTS) is 2. The van der Waals surface area contributed by atoms with Gasteiger partial charge in [-0.2, -0.15) is 0 Å². The molecule has 0 aliphatic carbocycles. The molecule has 2 rings (SSSR count). The number of carbonyl (C=O) groups excluding carboxylic acids is 2. The lowest BCUT2D eigenvalue weighted by molar-refractivity contribution is -0.143. The van der Waals surface area contributed by atoms with Gasteiger partial charge in [-0.3, -0.25) is 14.4 Å². The normalized spacial score (nSPS) is 11.3. The number of ether oxygens (including phenoxy) is 5. The van der Waals surface area contributed by atoms with Crippen molar-refractivity contribution in [3.63, 3.8) is 0 Å². The van der Waals surface area contributed by atoms with Crippen LogP contribution in [0.15, 0.2) is 35.4 Å². The molecule has 17 nitrogen and oxygen atoms in total. The Bertz CT molecular complexity index is 1610. The van der Waals surface area contributed by atoms with Crippen LogP contribution in [0.3, 0.4) is 0 Å². The number of hydrogen-bond acceptors (Lipinski definition) is 13. The van der Waals surface area contributed by atoms with Gasteiger partial charge in [0.25, 0.3) is 5.91 Å². The van der Waals surface area contributed by atoms with Gasteiger partial charge >= 0.3 is 11.9 Å². The summed E-state index contributed by atoms with van der Waals surface area (Å²) in [5, 5.41) is 22.5. The van der Waals surface area contributed by atoms with E-state index in [1.165, 1.54) is 63.3 Å². The van der Waals surface area contributed by atoms with Crippen LogP contribution in [0, 0.1) is 6.92 Å². The number of benzene rings is 1. The summed E-state index contributed by atoms with van der Waals surface area (Å²) in [5.41, 5.74) is 0.551. The second kappa shape index (κ2) is 31.7. The summed E-state index contributed by atoms with van der Waals surface area (Å²) in [6.45, 7) is 3.24. The standard InChI is InChI=1S/C41H64N4O13S/c1-33-36(41(51)43-21-24-55-25-27-56-30-38(46)42-20-23-54-26-28-57-31-40(49)50)29-44-37(45-33)32-59(52,53)35-18-16-34(17-19-35)58-22-14-12-10-8-6-4-2-3-5-7-9-11-13-15-39(47)48/h16-19,29H,2-15,20-28,30-32H2,1H3,(H,42,46)(H,43,51)(H,47,48)(H,49,50). The number of sulfone groups is 1. The maximum atomic E-state index is 13.1. The maximum absolute atomic E-state index is 13.1. The molecule has 0 spiro atoms. The molecule has 1 aromatic carbocycles. The van der Waals surface area contributed by atoms with Crippen LogP contribution in [0.5, 0.6) is 5.75 Å². The van der Waals surface area contributed by atoms with Gasteiger partial charge in [0.2, 0.25) is 5.91 Å². The summed E-state index contributed by atoms with van der Waals surface area (Å²) < 4.78 is 52.7. The highest BCUT2D eigenvalue weighted by Gasteiger charge is 2.19. The molecular formula is C41H64N4O13S. The summed E-state index contributed by atoms with van der Waals surface area (Å²) in [7, 11) is -3.75. The van der Waals surface area contributed by atoms with Crippen LogP contribution in [0.4, 0.5) is 0 Å². The highest BCUT2D eigenvalue weighted by Crippen LogP contribution is 2.20. The van der Waals surface area contributed by atoms with Crippen LogP contribution in [0.1, 0.15) is 112 Å². The number of rotatable bonds is 37. The molecule has 2 amide bonds. The zero-order valence-electron chi connectivity index (χ0n) is 34.5. The molecule has 18 heteroatoms. The van der Waals surface area contributed by atoms with Crippen molar-refractivity contribution < 1.29 is 61.5 Å². The van der Waals surface area contributed by atoms with E-state index in [0.29, 0.717) is 18.1 Å². The van der Waals surface area contributed by atoms with E-state index < -0.39 is 33.4 Å². The van der Waals surface area contributed by atoms with Gasteiger partial charge in [-0.15, -0.1) is 0 Å². The van der Waals surface area contributed by atoms with E-state index in [2.05, 4.69) is 20.6 Å². The quantitative estimate of drug-likeness (QED) is 0.0675. The molecule has 0 radical (unpaired) electrons. The highest BCUT2D eigenvalue weighted by atomic mass is 32.2. The van der Waals surface area contributed by atoms with E-state index in [1.807, 2.05) is 0 Å². The minimum atomic E-state index is -3.75. The second-order valence-corrected chi connectivity index (χ2v) is 15.9. The number of amides is 2. The Balaban J connectivity index is 1.53. The number of aromatic nitrogens is 2. The fourth-order valence-corrected chi connectivity index (χ4v) is 6.92. The van der Waals surface area contributed by atoms with E-state index >= 15 is 0 Å². The lowest BCUT2D eigenvalue weighted by Crippen LogP contribution is -2.31. The molecule has 1 heterocycles. The Morgan fingerprint density at radius 3 is 1.71 bits per heavy atom.